The minimum atomic E-state index is -3.67. The van der Waals surface area contributed by atoms with Crippen LogP contribution in [0.1, 0.15) is 46.5 Å². The van der Waals surface area contributed by atoms with Crippen LogP contribution in [0.15, 0.2) is 117 Å². The molecule has 1 N–H and O–H groups in total. The molecule has 10 heteroatoms. The third-order valence-corrected chi connectivity index (χ3v) is 10.1. The van der Waals surface area contributed by atoms with Crippen molar-refractivity contribution in [3.63, 3.8) is 0 Å². The number of hydrogen-bond acceptors (Lipinski definition) is 8. The van der Waals surface area contributed by atoms with Gasteiger partial charge in [0.1, 0.15) is 28.6 Å². The van der Waals surface area contributed by atoms with Gasteiger partial charge in [0, 0.05) is 0 Å². The zero-order valence-corrected chi connectivity index (χ0v) is 26.7. The Bertz CT molecular complexity index is 1710. The highest BCUT2D eigenvalue weighted by atomic mass is 32.2. The summed E-state index contributed by atoms with van der Waals surface area (Å²) in [6.45, 7) is 6.82. The van der Waals surface area contributed by atoms with Gasteiger partial charge in [0.25, 0.3) is 0 Å². The monoisotopic (exact) mass is 638 g/mol. The van der Waals surface area contributed by atoms with E-state index in [0.29, 0.717) is 30.5 Å². The van der Waals surface area contributed by atoms with Crippen LogP contribution in [0.5, 0.6) is 23.0 Å². The van der Waals surface area contributed by atoms with Crippen LogP contribution in [0.3, 0.4) is 0 Å². The van der Waals surface area contributed by atoms with Gasteiger partial charge in [0.2, 0.25) is 19.7 Å². The molecule has 8 nitrogen and oxygen atoms in total. The molecule has 0 saturated heterocycles. The summed E-state index contributed by atoms with van der Waals surface area (Å²) < 4.78 is 68.8. The van der Waals surface area contributed by atoms with Gasteiger partial charge in [0.15, 0.2) is 0 Å². The first kappa shape index (κ1) is 32.9. The quantitative estimate of drug-likeness (QED) is 0.144. The van der Waals surface area contributed by atoms with Crippen LogP contribution in [-0.4, -0.2) is 40.8 Å². The zero-order chi connectivity index (χ0) is 31.8. The molecule has 4 aromatic carbocycles. The number of aromatic hydroxyl groups is 1. The number of unbranched alkanes of at least 4 members (excludes halogenated alkanes) is 3. The fourth-order valence-corrected chi connectivity index (χ4v) is 6.83. The number of sulfone groups is 2. The fourth-order valence-electron chi connectivity index (χ4n) is 4.31. The van der Waals surface area contributed by atoms with E-state index in [9.17, 15) is 21.9 Å². The molecule has 0 aliphatic carbocycles. The number of ether oxygens (including phenoxy) is 3. The second-order valence-corrected chi connectivity index (χ2v) is 15.1. The molecule has 0 spiro atoms. The molecule has 0 bridgehead atoms. The SMILES string of the molecule is CC(C)(C)Oc1ccc(S(=O)(=O)c2ccc(OCCCCCCOc3ccc(S(=O)(=O)c4ccc(O)cc4)cc3)cc2)cc1. The van der Waals surface area contributed by atoms with E-state index in [4.69, 9.17) is 14.2 Å². The van der Waals surface area contributed by atoms with Gasteiger partial charge in [-0.1, -0.05) is 0 Å². The Morgan fingerprint density at radius 2 is 0.818 bits per heavy atom. The Morgan fingerprint density at radius 3 is 1.16 bits per heavy atom. The lowest BCUT2D eigenvalue weighted by molar-refractivity contribution is 0.131. The van der Waals surface area contributed by atoms with E-state index in [1.54, 1.807) is 60.7 Å². The third kappa shape index (κ3) is 9.00. The summed E-state index contributed by atoms with van der Waals surface area (Å²) in [7, 11) is -7.32. The largest absolute Gasteiger partial charge is 0.508 e. The first-order chi connectivity index (χ1) is 20.8. The molecule has 0 aliphatic rings. The Balaban J connectivity index is 1.14. The van der Waals surface area contributed by atoms with Gasteiger partial charge in [-0.2, -0.15) is 0 Å². The number of phenols is 1. The maximum Gasteiger partial charge on any atom is 0.206 e. The second kappa shape index (κ2) is 14.2. The Labute approximate surface area is 260 Å². The molecule has 0 atom stereocenters. The van der Waals surface area contributed by atoms with Gasteiger partial charge in [-0.25, -0.2) is 16.8 Å². The average molecular weight is 639 g/mol. The van der Waals surface area contributed by atoms with Crippen LogP contribution < -0.4 is 14.2 Å². The van der Waals surface area contributed by atoms with E-state index in [2.05, 4.69) is 0 Å². The van der Waals surface area contributed by atoms with Crippen molar-refractivity contribution < 1.29 is 36.2 Å². The highest BCUT2D eigenvalue weighted by Crippen LogP contribution is 2.27. The number of rotatable bonds is 14. The molecule has 0 aromatic heterocycles. The van der Waals surface area contributed by atoms with Crippen LogP contribution in [0, 0.1) is 0 Å². The number of benzene rings is 4. The maximum absolute atomic E-state index is 13.0. The highest BCUT2D eigenvalue weighted by molar-refractivity contribution is 7.91. The second-order valence-electron chi connectivity index (χ2n) is 11.2. The highest BCUT2D eigenvalue weighted by Gasteiger charge is 2.19. The summed E-state index contributed by atoms with van der Waals surface area (Å²) in [5.41, 5.74) is -0.369. The molecule has 44 heavy (non-hydrogen) atoms. The minimum Gasteiger partial charge on any atom is -0.508 e. The van der Waals surface area contributed by atoms with E-state index in [1.807, 2.05) is 20.8 Å². The normalized spacial score (nSPS) is 12.1. The van der Waals surface area contributed by atoms with Crippen LogP contribution in [0.4, 0.5) is 0 Å². The molecular weight excluding hydrogens is 601 g/mol. The maximum atomic E-state index is 13.0. The molecule has 0 fully saturated rings. The van der Waals surface area contributed by atoms with Gasteiger partial charge < -0.3 is 19.3 Å². The van der Waals surface area contributed by atoms with Crippen LogP contribution in [0.2, 0.25) is 0 Å². The van der Waals surface area contributed by atoms with Crippen LogP contribution in [0.25, 0.3) is 0 Å². The Hall–Kier alpha value is -4.02. The predicted molar refractivity (Wildman–Crippen MR) is 168 cm³/mol. The molecule has 234 valence electrons. The first-order valence-corrected chi connectivity index (χ1v) is 17.4. The molecule has 0 saturated carbocycles. The lowest BCUT2D eigenvalue weighted by Crippen LogP contribution is -2.22. The van der Waals surface area contributed by atoms with E-state index in [-0.39, 0.29) is 30.9 Å². The van der Waals surface area contributed by atoms with Gasteiger partial charge in [-0.05, 0) is 144 Å². The summed E-state index contributed by atoms with van der Waals surface area (Å²) in [6, 6.07) is 24.6. The molecule has 0 heterocycles. The topological polar surface area (TPSA) is 116 Å². The van der Waals surface area contributed by atoms with E-state index < -0.39 is 19.7 Å². The van der Waals surface area contributed by atoms with Gasteiger partial charge in [-0.15, -0.1) is 0 Å². The van der Waals surface area contributed by atoms with Crippen molar-refractivity contribution in [1.29, 1.82) is 0 Å². The predicted octanol–water partition coefficient (Wildman–Crippen LogP) is 7.25. The summed E-state index contributed by atoms with van der Waals surface area (Å²) in [5.74, 6) is 1.82. The molecule has 4 aromatic rings. The third-order valence-electron chi connectivity index (χ3n) is 6.55. The summed E-state index contributed by atoms with van der Waals surface area (Å²) in [6.07, 6.45) is 3.55. The lowest BCUT2D eigenvalue weighted by Gasteiger charge is -2.21. The average Bonchev–Trinajstić information content (AvgIpc) is 2.99. The van der Waals surface area contributed by atoms with Crippen molar-refractivity contribution in [2.24, 2.45) is 0 Å². The molecule has 0 unspecified atom stereocenters. The molecule has 0 radical (unpaired) electrons. The van der Waals surface area contributed by atoms with Crippen molar-refractivity contribution in [1.82, 2.24) is 0 Å². The molecule has 0 aliphatic heterocycles. The lowest BCUT2D eigenvalue weighted by atomic mass is 10.2. The minimum absolute atomic E-state index is 0.00584. The van der Waals surface area contributed by atoms with E-state index in [0.717, 1.165) is 25.7 Å². The van der Waals surface area contributed by atoms with Crippen molar-refractivity contribution in [3.8, 4) is 23.0 Å². The van der Waals surface area contributed by atoms with Crippen LogP contribution in [-0.2, 0) is 19.7 Å². The van der Waals surface area contributed by atoms with Crippen molar-refractivity contribution >= 4 is 19.7 Å². The Kier molecular flexibility index (Phi) is 10.6. The fraction of sp³-hybridized carbons (Fsp3) is 0.294. The van der Waals surface area contributed by atoms with E-state index in [1.165, 1.54) is 36.4 Å². The summed E-state index contributed by atoms with van der Waals surface area (Å²) in [5, 5.41) is 9.39. The zero-order valence-electron chi connectivity index (χ0n) is 25.1. The summed E-state index contributed by atoms with van der Waals surface area (Å²) >= 11 is 0. The van der Waals surface area contributed by atoms with Gasteiger partial charge in [-0.3, -0.25) is 0 Å². The van der Waals surface area contributed by atoms with Crippen molar-refractivity contribution in [3.05, 3.63) is 97.1 Å². The molecule has 4 rings (SSSR count). The van der Waals surface area contributed by atoms with E-state index >= 15 is 0 Å². The first-order valence-electron chi connectivity index (χ1n) is 14.4. The van der Waals surface area contributed by atoms with Gasteiger partial charge >= 0.3 is 0 Å². The van der Waals surface area contributed by atoms with Crippen LogP contribution >= 0.6 is 0 Å². The Morgan fingerprint density at radius 1 is 0.500 bits per heavy atom. The van der Waals surface area contributed by atoms with Gasteiger partial charge in [0.05, 0.1) is 32.8 Å². The molecular formula is C34H38O8S2. The number of phenolic OH excluding ortho intramolecular Hbond substituents is 1. The summed E-state index contributed by atoms with van der Waals surface area (Å²) in [4.78, 5) is 0.668. The number of hydrogen-bond donors (Lipinski definition) is 1. The van der Waals surface area contributed by atoms with Crippen molar-refractivity contribution in [2.75, 3.05) is 13.2 Å². The molecule has 0 amide bonds. The smallest absolute Gasteiger partial charge is 0.206 e. The van der Waals surface area contributed by atoms with Crippen molar-refractivity contribution in [2.45, 2.75) is 71.6 Å². The standard InChI is InChI=1S/C34H38O8S2/c1-34(2,3)42-29-14-22-33(23-15-29)44(38,39)32-20-12-28(13-21-32)41-25-7-5-4-6-24-40-27-10-18-31(19-11-27)43(36,37)30-16-8-26(35)9-17-30/h8-23,35H,4-7,24-25H2,1-3H3.